The van der Waals surface area contributed by atoms with Crippen molar-refractivity contribution in [1.29, 1.82) is 0 Å². The van der Waals surface area contributed by atoms with Gasteiger partial charge in [0.25, 0.3) is 0 Å². The fourth-order valence-electron chi connectivity index (χ4n) is 5.66. The normalized spacial score (nSPS) is 27.7. The van der Waals surface area contributed by atoms with Gasteiger partial charge in [-0.2, -0.15) is 8.67 Å². The topological polar surface area (TPSA) is 616 Å². The number of carboxylic acid groups (broad SMARTS) is 1. The second-order valence-electron chi connectivity index (χ2n) is 11.7. The molecule has 6 unspecified atom stereocenters. The molecule has 3 saturated heterocycles. The molecular weight excluding hydrogens is 1520 g/mol. The Bertz CT molecular complexity index is 1900. The minimum Gasteiger partial charge on any atom is -0.726 e. The van der Waals surface area contributed by atoms with Gasteiger partial charge in [-0.25, -0.2) is 34.7 Å². The quantitative estimate of drug-likeness (QED) is 0.00760. The van der Waals surface area contributed by atoms with Crippen LogP contribution in [0, 0.1) is 0 Å². The van der Waals surface area contributed by atoms with Gasteiger partial charge >= 0.3 is 296 Å². The molecule has 1 radical (unpaired) electrons. The zero-order valence-electron chi connectivity index (χ0n) is 43.0. The van der Waals surface area contributed by atoms with Crippen LogP contribution in [0.3, 0.4) is 0 Å². The standard InChI is InChI=1S/C18H32N2O42S9.10Na.Y/c21-15(22)13-11(44-17-6(20-64-58-52-25)10(48-67-61-55-28)8(46-65-59-53-26)4(42-17)2-40-70(33,34)35)12(49-68-62-56-29)14(50-71(36,37)38)18(45-13)43-7-3(1-39-69(30,31)32)41-16(23)5(19-63-57-51-24)9(7)47-66-60-54-27;;;;;;;;;;;/h3-14,16-20,23-29H,1-2H2,(H,21,22)(H,30,31,32)(H,33,34,35)(H,36,37,38);;;;;;;;;;;/q;10*+1;/p-10/t3?,4?,5?,6?,7-,8-,9+,10+,11+,12-,13?,14?,16+,17-,18+;;;;;;;;;;;/m0.........../s1. The maximum Gasteiger partial charge on any atom is 1.00 e. The van der Waals surface area contributed by atoms with E-state index in [1.165, 1.54) is 0 Å². The van der Waals surface area contributed by atoms with Crippen molar-refractivity contribution in [2.45, 2.75) is 92.0 Å². The van der Waals surface area contributed by atoms with E-state index in [-0.39, 0.29) is 365 Å². The van der Waals surface area contributed by atoms with E-state index < -0.39 is 179 Å². The number of nitrogens with one attached hydrogen (secondary N) is 2. The number of carbonyl (C=O) groups excluding carboxylic acids is 1. The molecule has 0 spiro atoms. The maximum atomic E-state index is 13.0. The average molecular weight is 1550 g/mol. The van der Waals surface area contributed by atoms with Crippen molar-refractivity contribution in [1.82, 2.24) is 9.44 Å². The Balaban J connectivity index is -0.000000692. The minimum absolute atomic E-state index is 0. The summed E-state index contributed by atoms with van der Waals surface area (Å²) < 4.78 is 196. The molecule has 0 aromatic rings. The van der Waals surface area contributed by atoms with E-state index >= 15 is 0 Å². The summed E-state index contributed by atoms with van der Waals surface area (Å²) in [6, 6.07) is -4.12. The zero-order valence-corrected chi connectivity index (χ0v) is 73.2. The van der Waals surface area contributed by atoms with Gasteiger partial charge in [-0.05, 0) is 0 Å². The van der Waals surface area contributed by atoms with Gasteiger partial charge in [0.15, 0.2) is 74.3 Å². The van der Waals surface area contributed by atoms with E-state index in [1.54, 1.807) is 0 Å². The fraction of sp³-hybridized carbons (Fsp3) is 0.944. The molecule has 3 heterocycles. The minimum atomic E-state index is -6.26. The van der Waals surface area contributed by atoms with E-state index in [1.807, 2.05) is 0 Å². The van der Waals surface area contributed by atoms with Crippen molar-refractivity contribution in [2.75, 3.05) is 13.2 Å². The van der Waals surface area contributed by atoms with Crippen molar-refractivity contribution in [3.63, 3.8) is 0 Å². The zero-order chi connectivity index (χ0) is 52.8. The number of aliphatic hydroxyl groups excluding tert-OH is 1. The smallest absolute Gasteiger partial charge is 0.726 e. The number of carboxylic acids is 1. The first kappa shape index (κ1) is 112. The van der Waals surface area contributed by atoms with Crippen LogP contribution in [-0.2, 0) is 178 Å². The predicted octanol–water partition coefficient (Wildman–Crippen LogP) is -42.3. The number of hydrogen-bond donors (Lipinski definition) is 3. The SMILES string of the molecule is O=C([O-])C1O[C@@H](O[C@H]2C(COS(=O)(=O)[O-])O[C@@H](O)C(NSOO[O-])[C@H]2OSOO[O-])C(OS(=O)(=O)[O-])[C@@H](OSOO[O-])[C@H]1O[C@@H]1OC(COS(=O)(=O)[O-])[C@H](OSOO[O-])[C@H](OSOO[O-])C1NSOO[O-].[Na+].[Na+].[Na+].[Na+].[Na+].[Na+].[Na+].[Na+].[Na+].[Na+].[Y]. The number of carbonyl (C=O) groups is 1. The van der Waals surface area contributed by atoms with Crippen LogP contribution in [0.4, 0.5) is 0 Å². The van der Waals surface area contributed by atoms with E-state index in [0.717, 1.165) is 0 Å². The molecule has 44 nitrogen and oxygen atoms in total. The summed E-state index contributed by atoms with van der Waals surface area (Å²) >= 11 is -2.29. The molecule has 423 valence electrons. The molecule has 64 heteroatoms. The largest absolute Gasteiger partial charge is 1.00 e. The van der Waals surface area contributed by atoms with Crippen LogP contribution < -0.4 is 342 Å². The molecule has 82 heavy (non-hydrogen) atoms. The molecule has 0 saturated carbocycles. The summed E-state index contributed by atoms with van der Waals surface area (Å²) in [5.41, 5.74) is 0. The van der Waals surface area contributed by atoms with Gasteiger partial charge in [-0.1, -0.05) is 0 Å². The Labute approximate surface area is 734 Å². The van der Waals surface area contributed by atoms with Crippen molar-refractivity contribution in [2.24, 2.45) is 0 Å². The molecule has 0 aliphatic carbocycles. The third kappa shape index (κ3) is 43.7. The Morgan fingerprint density at radius 1 is 0.463 bits per heavy atom. The molecule has 0 aromatic heterocycles. The molecule has 3 rings (SSSR count). The van der Waals surface area contributed by atoms with Gasteiger partial charge in [0.05, 0.1) is 19.2 Å². The Morgan fingerprint density at radius 2 is 0.829 bits per heavy atom. The molecule has 3 aliphatic heterocycles. The van der Waals surface area contributed by atoms with Gasteiger partial charge in [0, 0.05) is 32.7 Å². The molecule has 15 atom stereocenters. The van der Waals surface area contributed by atoms with E-state index in [9.17, 15) is 85.5 Å². The van der Waals surface area contributed by atoms with Crippen LogP contribution in [0.25, 0.3) is 0 Å². The molecule has 3 aliphatic rings. The second kappa shape index (κ2) is 61.9. The summed E-state index contributed by atoms with van der Waals surface area (Å²) in [4.78, 5) is 13.0. The first-order chi connectivity index (χ1) is 33.6. The third-order valence-electron chi connectivity index (χ3n) is 7.92. The molecule has 3 fully saturated rings. The average Bonchev–Trinajstić information content (AvgIpc) is 3.28. The van der Waals surface area contributed by atoms with E-state index in [2.05, 4.69) is 78.2 Å². The van der Waals surface area contributed by atoms with Crippen molar-refractivity contribution in [3.8, 4) is 0 Å². The first-order valence-corrected chi connectivity index (χ1v) is 24.7. The van der Waals surface area contributed by atoms with Crippen LogP contribution in [0.15, 0.2) is 0 Å². The van der Waals surface area contributed by atoms with Crippen molar-refractivity contribution < 1.29 is 523 Å². The summed E-state index contributed by atoms with van der Waals surface area (Å²) in [7, 11) is -17.7. The third-order valence-corrected chi connectivity index (χ3v) is 11.9. The van der Waals surface area contributed by atoms with Gasteiger partial charge in [-0.15, -0.1) is 17.3 Å². The second-order valence-corrected chi connectivity index (χ2v) is 17.7. The Hall–Kier alpha value is 11.1. The van der Waals surface area contributed by atoms with E-state index in [4.69, 9.17) is 40.4 Å². The number of rotatable bonds is 37. The first-order valence-electron chi connectivity index (χ1n) is 16.5. The molecular formula is C18H22N2Na10O42S9Y. The van der Waals surface area contributed by atoms with Crippen LogP contribution >= 0.6 is 73.8 Å². The number of ether oxygens (including phenoxy) is 5. The predicted molar refractivity (Wildman–Crippen MR) is 181 cm³/mol. The van der Waals surface area contributed by atoms with Crippen LogP contribution in [-0.4, -0.2) is 155 Å². The molecule has 0 bridgehead atoms. The maximum absolute atomic E-state index is 13.0. The van der Waals surface area contributed by atoms with Gasteiger partial charge in [-0.3, -0.25) is 59.5 Å². The Kier molecular flexibility index (Phi) is 84.3. The van der Waals surface area contributed by atoms with Gasteiger partial charge in [0.1, 0.15) is 91.5 Å². The summed E-state index contributed by atoms with van der Waals surface area (Å²) in [5.74, 6) is -2.51. The molecule has 0 amide bonds. The number of aliphatic carboxylic acids is 1. The monoisotopic (exact) mass is 1540 g/mol. The van der Waals surface area contributed by atoms with Crippen molar-refractivity contribution in [3.05, 3.63) is 0 Å². The van der Waals surface area contributed by atoms with Crippen LogP contribution in [0.5, 0.6) is 0 Å². The van der Waals surface area contributed by atoms with Crippen LogP contribution in [0.2, 0.25) is 0 Å². The fourth-order valence-corrected chi connectivity index (χ4v) is 9.07. The summed E-state index contributed by atoms with van der Waals surface area (Å²) in [5, 5.41) is 106. The van der Waals surface area contributed by atoms with Crippen LogP contribution in [0.1, 0.15) is 0 Å². The Morgan fingerprint density at radius 3 is 1.22 bits per heavy atom. The summed E-state index contributed by atoms with van der Waals surface area (Å²) in [6.07, 6.45) is -32.7. The van der Waals surface area contributed by atoms with E-state index in [0.29, 0.717) is 0 Å². The number of hydrogen-bond acceptors (Lipinski definition) is 50. The van der Waals surface area contributed by atoms with Gasteiger partial charge in [0.2, 0.25) is 31.2 Å². The van der Waals surface area contributed by atoms with Gasteiger partial charge < -0.3 is 83.9 Å². The molecule has 3 N–H and O–H groups in total. The summed E-state index contributed by atoms with van der Waals surface area (Å²) in [6.45, 7) is -3.05. The number of aliphatic hydroxyl groups is 1. The molecule has 0 aromatic carbocycles. The van der Waals surface area contributed by atoms with Crippen molar-refractivity contribution >= 4 is 111 Å².